The first-order valence-electron chi connectivity index (χ1n) is 21.7. The van der Waals surface area contributed by atoms with Crippen molar-refractivity contribution in [3.05, 3.63) is 0 Å². The molecular formula is C42H74N7O10S6+. The van der Waals surface area contributed by atoms with Crippen LogP contribution in [0.15, 0.2) is 0 Å². The van der Waals surface area contributed by atoms with Crippen molar-refractivity contribution in [3.63, 3.8) is 0 Å². The standard InChI is InChI=1S/C42H73N7O10S6/c1-12-40(6,33(54)47-25-30(3)51)27-42(8,35(56)59-21-20-49(9,10)11)28-41(7,26-39(4,5)32(53)43-15-17-45-36(57)64-62-22-13-29(2)50)34(55)44-16-18-46-37(58)65-63-23-14-31(52)48-19-24-61-38(48)60/h30,51H,12-28H2,1-11H3,(H4-,43,44,45,46,47,53,54,55,57,58)/p+1. The van der Waals surface area contributed by atoms with Gasteiger partial charge in [0.1, 0.15) is 23.3 Å². The van der Waals surface area contributed by atoms with E-state index in [-0.39, 0.29) is 93.1 Å². The summed E-state index contributed by atoms with van der Waals surface area (Å²) in [7, 11) is 10.3. The zero-order valence-electron chi connectivity index (χ0n) is 40.1. The molecule has 1 heterocycles. The van der Waals surface area contributed by atoms with Crippen molar-refractivity contribution in [2.24, 2.45) is 21.7 Å². The maximum atomic E-state index is 14.5. The van der Waals surface area contributed by atoms with Crippen molar-refractivity contribution in [1.82, 2.24) is 31.5 Å². The van der Waals surface area contributed by atoms with Gasteiger partial charge in [-0.15, -0.1) is 0 Å². The number of esters is 1. The molecular weight excluding hydrogens is 955 g/mol. The van der Waals surface area contributed by atoms with Crippen molar-refractivity contribution in [2.75, 3.05) is 90.8 Å². The molecule has 65 heavy (non-hydrogen) atoms. The lowest BCUT2D eigenvalue weighted by molar-refractivity contribution is -0.870. The Bertz CT molecular complexity index is 1670. The third-order valence-electron chi connectivity index (χ3n) is 10.6. The van der Waals surface area contributed by atoms with Gasteiger partial charge in [0.25, 0.3) is 10.5 Å². The number of thioether (sulfide) groups is 1. The van der Waals surface area contributed by atoms with E-state index in [4.69, 9.17) is 17.0 Å². The average molecular weight is 1030 g/mol. The number of nitrogens with zero attached hydrogens (tertiary/aromatic N) is 2. The summed E-state index contributed by atoms with van der Waals surface area (Å²) in [6.45, 7) is 14.8. The quantitative estimate of drug-likeness (QED) is 0.0183. The van der Waals surface area contributed by atoms with E-state index in [2.05, 4.69) is 26.6 Å². The smallest absolute Gasteiger partial charge is 0.312 e. The summed E-state index contributed by atoms with van der Waals surface area (Å²) in [4.78, 5) is 107. The number of carbonyl (C=O) groups is 8. The Morgan fingerprint density at radius 2 is 1.28 bits per heavy atom. The number of carbonyl (C=O) groups excluding carboxylic acids is 8. The van der Waals surface area contributed by atoms with Crippen molar-refractivity contribution in [3.8, 4) is 0 Å². The lowest BCUT2D eigenvalue weighted by Gasteiger charge is -2.43. The summed E-state index contributed by atoms with van der Waals surface area (Å²) in [5.41, 5.74) is -5.21. The third kappa shape index (κ3) is 23.5. The summed E-state index contributed by atoms with van der Waals surface area (Å²) >= 11 is 6.68. The molecule has 0 bridgehead atoms. The lowest BCUT2D eigenvalue weighted by atomic mass is 9.61. The fourth-order valence-corrected chi connectivity index (χ4v) is 11.6. The number of Topliss-reactive ketones (excluding diaryl/α,β-unsaturated/α-hetero) is 1. The molecule has 1 aliphatic rings. The highest BCUT2D eigenvalue weighted by Crippen LogP contribution is 2.49. The average Bonchev–Trinajstić information content (AvgIpc) is 3.64. The normalized spacial score (nSPS) is 16.2. The second kappa shape index (κ2) is 28.9. The van der Waals surface area contributed by atoms with Crippen LogP contribution in [-0.2, 0) is 33.5 Å². The minimum absolute atomic E-state index is 0.00562. The topological polar surface area (TPSA) is 229 Å². The number of thiocarbonyl (C=S) groups is 1. The summed E-state index contributed by atoms with van der Waals surface area (Å²) in [5.74, 6) is -0.224. The van der Waals surface area contributed by atoms with Gasteiger partial charge in [0.2, 0.25) is 23.6 Å². The van der Waals surface area contributed by atoms with E-state index in [1.165, 1.54) is 40.3 Å². The van der Waals surface area contributed by atoms with E-state index in [0.717, 1.165) is 27.3 Å². The van der Waals surface area contributed by atoms with Crippen molar-refractivity contribution < 1.29 is 52.7 Å². The number of nitrogens with one attached hydrogen (secondary N) is 5. The third-order valence-corrected chi connectivity index (χ3v) is 16.2. The van der Waals surface area contributed by atoms with Gasteiger partial charge < -0.3 is 40.9 Å². The highest BCUT2D eigenvalue weighted by atomic mass is 33.1. The van der Waals surface area contributed by atoms with Crippen LogP contribution < -0.4 is 26.6 Å². The van der Waals surface area contributed by atoms with E-state index in [0.29, 0.717) is 46.2 Å². The largest absolute Gasteiger partial charge is 0.459 e. The number of quaternary nitrogens is 1. The van der Waals surface area contributed by atoms with Crippen molar-refractivity contribution >= 4 is 117 Å². The van der Waals surface area contributed by atoms with E-state index < -0.39 is 45.5 Å². The van der Waals surface area contributed by atoms with E-state index in [1.807, 2.05) is 28.1 Å². The van der Waals surface area contributed by atoms with Crippen molar-refractivity contribution in [2.45, 2.75) is 100 Å². The number of aliphatic hydroxyl groups is 1. The molecule has 0 aromatic heterocycles. The van der Waals surface area contributed by atoms with Crippen LogP contribution in [0.4, 0.5) is 9.59 Å². The van der Waals surface area contributed by atoms with Crippen molar-refractivity contribution in [1.29, 1.82) is 0 Å². The Morgan fingerprint density at radius 1 is 0.769 bits per heavy atom. The molecule has 0 spiro atoms. The summed E-state index contributed by atoms with van der Waals surface area (Å²) in [6.07, 6.45) is -0.0904. The maximum absolute atomic E-state index is 14.5. The van der Waals surface area contributed by atoms with Crippen LogP contribution in [0.1, 0.15) is 93.9 Å². The number of ether oxygens (including phenoxy) is 1. The number of hydrogen-bond acceptors (Lipinski definition) is 16. The molecule has 4 unspecified atom stereocenters. The van der Waals surface area contributed by atoms with Crippen LogP contribution >= 0.6 is 67.2 Å². The Hall–Kier alpha value is -2.28. The highest BCUT2D eigenvalue weighted by molar-refractivity contribution is 8.82. The first-order valence-corrected chi connectivity index (χ1v) is 27.7. The second-order valence-electron chi connectivity index (χ2n) is 18.8. The minimum atomic E-state index is -1.44. The lowest BCUT2D eigenvalue weighted by Crippen LogP contribution is -2.52. The minimum Gasteiger partial charge on any atom is -0.459 e. The summed E-state index contributed by atoms with van der Waals surface area (Å²) in [6, 6.07) is 0. The number of rotatable bonds is 30. The monoisotopic (exact) mass is 1030 g/mol. The fourth-order valence-electron chi connectivity index (χ4n) is 7.07. The first kappa shape index (κ1) is 60.7. The van der Waals surface area contributed by atoms with Gasteiger partial charge in [0, 0.05) is 107 Å². The molecule has 1 rings (SSSR count). The Balaban J connectivity index is 3.31. The highest BCUT2D eigenvalue weighted by Gasteiger charge is 2.52. The van der Waals surface area contributed by atoms with Gasteiger partial charge in [-0.2, -0.15) is 0 Å². The molecule has 1 fully saturated rings. The van der Waals surface area contributed by atoms with Gasteiger partial charge in [-0.05, 0) is 46.5 Å². The Kier molecular flexibility index (Phi) is 27.0. The molecule has 17 nitrogen and oxygen atoms in total. The predicted molar refractivity (Wildman–Crippen MR) is 270 cm³/mol. The molecule has 4 atom stereocenters. The van der Waals surface area contributed by atoms with Crippen LogP contribution in [0.3, 0.4) is 0 Å². The number of hydrogen-bond donors (Lipinski definition) is 6. The zero-order chi connectivity index (χ0) is 49.6. The van der Waals surface area contributed by atoms with Gasteiger partial charge >= 0.3 is 5.97 Å². The molecule has 0 radical (unpaired) electrons. The van der Waals surface area contributed by atoms with Gasteiger partial charge in [0.05, 0.1) is 32.7 Å². The van der Waals surface area contributed by atoms with Crippen LogP contribution in [-0.4, -0.2) is 162 Å². The van der Waals surface area contributed by atoms with Gasteiger partial charge in [-0.3, -0.25) is 43.3 Å². The maximum Gasteiger partial charge on any atom is 0.312 e. The Labute approximate surface area is 411 Å². The van der Waals surface area contributed by atoms with Crippen LogP contribution in [0.5, 0.6) is 0 Å². The molecule has 6 amide bonds. The van der Waals surface area contributed by atoms with E-state index >= 15 is 0 Å². The number of ketones is 1. The summed E-state index contributed by atoms with van der Waals surface area (Å²) in [5, 5.41) is 23.3. The molecule has 1 aliphatic heterocycles. The second-order valence-corrected chi connectivity index (χ2v) is 25.3. The van der Waals surface area contributed by atoms with Crippen LogP contribution in [0, 0.1) is 21.7 Å². The van der Waals surface area contributed by atoms with Crippen LogP contribution in [0.2, 0.25) is 0 Å². The molecule has 372 valence electrons. The molecule has 0 saturated carbocycles. The first-order chi connectivity index (χ1) is 30.1. The zero-order valence-corrected chi connectivity index (χ0v) is 45.0. The van der Waals surface area contributed by atoms with E-state index in [1.54, 1.807) is 46.4 Å². The number of likely N-dealkylation sites (N-methyl/N-ethyl adjacent to an activating group) is 1. The van der Waals surface area contributed by atoms with Gasteiger partial charge in [-0.25, -0.2) is 0 Å². The molecule has 6 N–H and O–H groups in total. The predicted octanol–water partition coefficient (Wildman–Crippen LogP) is 5.00. The molecule has 0 aromatic carbocycles. The molecule has 0 aromatic rings. The van der Waals surface area contributed by atoms with Gasteiger partial charge in [0.15, 0.2) is 0 Å². The number of aliphatic hydroxyl groups excluding tert-OH is 1. The molecule has 23 heteroatoms. The van der Waals surface area contributed by atoms with E-state index in [9.17, 15) is 43.5 Å². The summed E-state index contributed by atoms with van der Waals surface area (Å²) < 4.78 is 7.01. The van der Waals surface area contributed by atoms with Gasteiger partial charge in [-0.1, -0.05) is 80.2 Å². The Morgan fingerprint density at radius 3 is 1.77 bits per heavy atom. The SMILES string of the molecule is CCC(C)(CC(C)(CC(C)(CC(C)(C)C(=O)NCCNC(=O)SSCCC(C)=O)C(=O)NCCNC(=O)SSCCC(=O)N1CCSC1=S)C(=O)OCC[N+](C)(C)C)C(=O)NCC(C)O. The number of amides is 6. The fraction of sp³-hybridized carbons (Fsp3) is 0.786. The van der Waals surface area contributed by atoms with Crippen LogP contribution in [0.25, 0.3) is 0 Å². The molecule has 1 saturated heterocycles. The molecule has 0 aliphatic carbocycles.